The van der Waals surface area contributed by atoms with Crippen LogP contribution in [0.25, 0.3) is 0 Å². The molecule has 1 saturated heterocycles. The highest BCUT2D eigenvalue weighted by atomic mass is 16.2. The third-order valence-electron chi connectivity index (χ3n) is 4.49. The molecule has 1 aliphatic rings. The Morgan fingerprint density at radius 1 is 1.11 bits per heavy atom. The highest BCUT2D eigenvalue weighted by Gasteiger charge is 2.14. The lowest BCUT2D eigenvalue weighted by Gasteiger charge is -2.20. The summed E-state index contributed by atoms with van der Waals surface area (Å²) in [6, 6.07) is 12.9. The summed E-state index contributed by atoms with van der Waals surface area (Å²) in [5, 5.41) is 6.71. The molecule has 27 heavy (non-hydrogen) atoms. The number of amides is 2. The van der Waals surface area contributed by atoms with Gasteiger partial charge in [-0.25, -0.2) is 5.43 Å². The van der Waals surface area contributed by atoms with Crippen LogP contribution in [0.5, 0.6) is 0 Å². The smallest absolute Gasteiger partial charge is 0.271 e. The SMILES string of the molecule is CC(=O)Nc1cccc(C(=O)NN=Cc2ccc(N3CCCC3)c(C)c2)c1. The zero-order valence-electron chi connectivity index (χ0n) is 15.7. The first-order valence-electron chi connectivity index (χ1n) is 9.09. The Kier molecular flexibility index (Phi) is 5.86. The van der Waals surface area contributed by atoms with Crippen LogP contribution in [0.3, 0.4) is 0 Å². The van der Waals surface area contributed by atoms with Crippen LogP contribution in [-0.2, 0) is 4.79 Å². The first-order chi connectivity index (χ1) is 13.0. The van der Waals surface area contributed by atoms with E-state index < -0.39 is 0 Å². The fourth-order valence-corrected chi connectivity index (χ4v) is 3.24. The lowest BCUT2D eigenvalue weighted by molar-refractivity contribution is -0.114. The van der Waals surface area contributed by atoms with E-state index in [9.17, 15) is 9.59 Å². The van der Waals surface area contributed by atoms with Crippen LogP contribution in [-0.4, -0.2) is 31.1 Å². The molecule has 6 heteroatoms. The number of nitrogens with one attached hydrogen (secondary N) is 2. The van der Waals surface area contributed by atoms with E-state index in [-0.39, 0.29) is 11.8 Å². The van der Waals surface area contributed by atoms with Crippen LogP contribution in [0, 0.1) is 6.92 Å². The molecule has 2 amide bonds. The van der Waals surface area contributed by atoms with Crippen molar-refractivity contribution in [1.29, 1.82) is 0 Å². The average molecular weight is 364 g/mol. The average Bonchev–Trinajstić information content (AvgIpc) is 3.16. The summed E-state index contributed by atoms with van der Waals surface area (Å²) >= 11 is 0. The minimum absolute atomic E-state index is 0.182. The highest BCUT2D eigenvalue weighted by Crippen LogP contribution is 2.24. The second-order valence-corrected chi connectivity index (χ2v) is 6.70. The van der Waals surface area contributed by atoms with Crippen molar-refractivity contribution in [3.63, 3.8) is 0 Å². The summed E-state index contributed by atoms with van der Waals surface area (Å²) in [6.45, 7) is 5.74. The van der Waals surface area contributed by atoms with Gasteiger partial charge in [-0.2, -0.15) is 5.10 Å². The molecule has 140 valence electrons. The van der Waals surface area contributed by atoms with Gasteiger partial charge >= 0.3 is 0 Å². The Bertz CT molecular complexity index is 870. The number of aryl methyl sites for hydroxylation is 1. The summed E-state index contributed by atoms with van der Waals surface area (Å²) in [7, 11) is 0. The molecule has 1 fully saturated rings. The Hall–Kier alpha value is -3.15. The molecule has 0 atom stereocenters. The Labute approximate surface area is 159 Å². The van der Waals surface area contributed by atoms with Crippen molar-refractivity contribution in [1.82, 2.24) is 5.43 Å². The molecule has 0 saturated carbocycles. The quantitative estimate of drug-likeness (QED) is 0.631. The monoisotopic (exact) mass is 364 g/mol. The molecule has 2 aromatic rings. The predicted octanol–water partition coefficient (Wildman–Crippen LogP) is 3.32. The van der Waals surface area contributed by atoms with Gasteiger partial charge in [0.25, 0.3) is 5.91 Å². The van der Waals surface area contributed by atoms with Crippen molar-refractivity contribution in [3.8, 4) is 0 Å². The molecule has 0 spiro atoms. The maximum absolute atomic E-state index is 12.2. The number of benzene rings is 2. The summed E-state index contributed by atoms with van der Waals surface area (Å²) in [5.74, 6) is -0.512. The van der Waals surface area contributed by atoms with Crippen molar-refractivity contribution in [2.24, 2.45) is 5.10 Å². The zero-order chi connectivity index (χ0) is 19.2. The van der Waals surface area contributed by atoms with Gasteiger partial charge in [-0.05, 0) is 61.2 Å². The molecule has 2 N–H and O–H groups in total. The second kappa shape index (κ2) is 8.49. The summed E-state index contributed by atoms with van der Waals surface area (Å²) in [4.78, 5) is 25.7. The van der Waals surface area contributed by atoms with Crippen molar-refractivity contribution in [2.75, 3.05) is 23.3 Å². The minimum atomic E-state index is -0.330. The van der Waals surface area contributed by atoms with E-state index in [4.69, 9.17) is 0 Å². The van der Waals surface area contributed by atoms with Gasteiger partial charge in [-0.1, -0.05) is 12.1 Å². The Morgan fingerprint density at radius 3 is 2.59 bits per heavy atom. The number of hydrogen-bond donors (Lipinski definition) is 2. The van der Waals surface area contributed by atoms with Crippen LogP contribution < -0.4 is 15.6 Å². The number of hydrazone groups is 1. The van der Waals surface area contributed by atoms with Crippen molar-refractivity contribution in [3.05, 3.63) is 59.2 Å². The summed E-state index contributed by atoms with van der Waals surface area (Å²) in [5.41, 5.74) is 6.93. The number of hydrogen-bond acceptors (Lipinski definition) is 4. The van der Waals surface area contributed by atoms with Crippen LogP contribution in [0.2, 0.25) is 0 Å². The van der Waals surface area contributed by atoms with E-state index in [1.54, 1.807) is 30.5 Å². The van der Waals surface area contributed by atoms with Gasteiger partial charge < -0.3 is 10.2 Å². The number of rotatable bonds is 5. The molecule has 2 aromatic carbocycles. The number of anilines is 2. The van der Waals surface area contributed by atoms with Gasteiger partial charge in [-0.15, -0.1) is 0 Å². The summed E-state index contributed by atoms with van der Waals surface area (Å²) < 4.78 is 0. The highest BCUT2D eigenvalue weighted by molar-refractivity contribution is 5.97. The van der Waals surface area contributed by atoms with Crippen LogP contribution in [0.4, 0.5) is 11.4 Å². The van der Waals surface area contributed by atoms with E-state index in [0.29, 0.717) is 11.3 Å². The first kappa shape index (κ1) is 18.6. The predicted molar refractivity (Wildman–Crippen MR) is 108 cm³/mol. The van der Waals surface area contributed by atoms with Gasteiger partial charge in [0.05, 0.1) is 6.21 Å². The molecule has 0 unspecified atom stereocenters. The zero-order valence-corrected chi connectivity index (χ0v) is 15.7. The molecule has 0 aliphatic carbocycles. The Balaban J connectivity index is 1.62. The van der Waals surface area contributed by atoms with Crippen LogP contribution >= 0.6 is 0 Å². The van der Waals surface area contributed by atoms with Crippen LogP contribution in [0.15, 0.2) is 47.6 Å². The van der Waals surface area contributed by atoms with Crippen molar-refractivity contribution < 1.29 is 9.59 Å². The van der Waals surface area contributed by atoms with E-state index in [1.807, 2.05) is 6.07 Å². The molecular weight excluding hydrogens is 340 g/mol. The Morgan fingerprint density at radius 2 is 1.89 bits per heavy atom. The summed E-state index contributed by atoms with van der Waals surface area (Å²) in [6.07, 6.45) is 4.13. The third kappa shape index (κ3) is 4.94. The topological polar surface area (TPSA) is 73.8 Å². The first-order valence-corrected chi connectivity index (χ1v) is 9.09. The number of carbonyl (C=O) groups excluding carboxylic acids is 2. The molecule has 1 heterocycles. The van der Waals surface area contributed by atoms with E-state index in [2.05, 4.69) is 39.8 Å². The van der Waals surface area contributed by atoms with Crippen LogP contribution in [0.1, 0.15) is 41.3 Å². The molecule has 6 nitrogen and oxygen atoms in total. The number of carbonyl (C=O) groups is 2. The van der Waals surface area contributed by atoms with Gasteiger partial charge in [0.15, 0.2) is 0 Å². The van der Waals surface area contributed by atoms with E-state index in [0.717, 1.165) is 18.7 Å². The molecule has 3 rings (SSSR count). The van der Waals surface area contributed by atoms with Crippen molar-refractivity contribution >= 4 is 29.4 Å². The lowest BCUT2D eigenvalue weighted by atomic mass is 10.1. The maximum atomic E-state index is 12.2. The van der Waals surface area contributed by atoms with Gasteiger partial charge in [-0.3, -0.25) is 9.59 Å². The molecule has 0 radical (unpaired) electrons. The fraction of sp³-hybridized carbons (Fsp3) is 0.286. The fourth-order valence-electron chi connectivity index (χ4n) is 3.24. The third-order valence-corrected chi connectivity index (χ3v) is 4.49. The van der Waals surface area contributed by atoms with E-state index in [1.165, 1.54) is 31.0 Å². The van der Waals surface area contributed by atoms with Gasteiger partial charge in [0.1, 0.15) is 0 Å². The normalized spacial score (nSPS) is 13.8. The second-order valence-electron chi connectivity index (χ2n) is 6.70. The minimum Gasteiger partial charge on any atom is -0.371 e. The maximum Gasteiger partial charge on any atom is 0.271 e. The van der Waals surface area contributed by atoms with Gasteiger partial charge in [0, 0.05) is 37.0 Å². The molecular formula is C21H24N4O2. The largest absolute Gasteiger partial charge is 0.371 e. The van der Waals surface area contributed by atoms with E-state index >= 15 is 0 Å². The lowest BCUT2D eigenvalue weighted by Crippen LogP contribution is -2.19. The molecule has 0 bridgehead atoms. The molecule has 1 aliphatic heterocycles. The van der Waals surface area contributed by atoms with Gasteiger partial charge in [0.2, 0.25) is 5.91 Å². The molecule has 0 aromatic heterocycles. The standard InChI is InChI=1S/C21H24N4O2/c1-15-12-17(8-9-20(15)25-10-3-4-11-25)14-22-24-21(27)18-6-5-7-19(13-18)23-16(2)26/h5-9,12-14H,3-4,10-11H2,1-2H3,(H,23,26)(H,24,27). The van der Waals surface area contributed by atoms with Crippen molar-refractivity contribution in [2.45, 2.75) is 26.7 Å². The number of nitrogens with zero attached hydrogens (tertiary/aromatic N) is 2.